The molecule has 3 radical (unpaired) electrons. The van der Waals surface area contributed by atoms with Crippen LogP contribution in [0.2, 0.25) is 0 Å². The first-order chi connectivity index (χ1) is 0. The first kappa shape index (κ1) is 131. The van der Waals surface area contributed by atoms with Crippen LogP contribution in [0, 0.1) is 0 Å². The molecule has 5 heavy (non-hydrogen) atoms. The van der Waals surface area contributed by atoms with Crippen LogP contribution in [0.4, 0.5) is 0 Å². The number of hydrogen-bond acceptors (Lipinski definition) is 0. The molecule has 0 rings (SSSR count). The molecule has 0 fully saturated rings. The summed E-state index contributed by atoms with van der Waals surface area (Å²) in [7, 11) is 0. The zero-order valence-electron chi connectivity index (χ0n) is 2.21. The topological polar surface area (TPSA) is 85.5 Å². The van der Waals surface area contributed by atoms with Crippen molar-refractivity contribution in [1.82, 2.24) is 0 Å². The van der Waals surface area contributed by atoms with Gasteiger partial charge in [0.1, 0.15) is 0 Å². The quantitative estimate of drug-likeness (QED) is 0.429. The van der Waals surface area contributed by atoms with Gasteiger partial charge in [-0.2, -0.15) is 0 Å². The van der Waals surface area contributed by atoms with Crippen LogP contribution in [0.3, 0.4) is 0 Å². The van der Waals surface area contributed by atoms with Crippen LogP contribution < -0.4 is 0 Å². The SMILES string of the molecule is [Al].[Mo+6].[O-2].[O-2].[O-2]. The number of rotatable bonds is 0. The predicted molar refractivity (Wildman–Crippen MR) is 7.81 cm³/mol. The van der Waals surface area contributed by atoms with Gasteiger partial charge in [-0.1, -0.05) is 0 Å². The minimum atomic E-state index is 0. The second-order valence-electron chi connectivity index (χ2n) is 0. The molecule has 0 N–H and O–H groups in total. The molecule has 0 bridgehead atoms. The van der Waals surface area contributed by atoms with E-state index in [0.29, 0.717) is 0 Å². The molecule has 0 spiro atoms. The van der Waals surface area contributed by atoms with Gasteiger partial charge in [-0.05, 0) is 0 Å². The summed E-state index contributed by atoms with van der Waals surface area (Å²) >= 11 is 0. The van der Waals surface area contributed by atoms with Gasteiger partial charge < -0.3 is 16.4 Å². The Kier molecular flexibility index (Phi) is 1850. The zero-order chi connectivity index (χ0) is 0. The van der Waals surface area contributed by atoms with Crippen LogP contribution in [0.15, 0.2) is 0 Å². The second-order valence-corrected chi connectivity index (χ2v) is 0. The van der Waals surface area contributed by atoms with Crippen molar-refractivity contribution >= 4 is 17.4 Å². The third-order valence-corrected chi connectivity index (χ3v) is 0. The van der Waals surface area contributed by atoms with Gasteiger partial charge in [-0.3, -0.25) is 0 Å². The molecule has 0 aromatic heterocycles. The normalized spacial score (nSPS) is 0. The molecule has 0 saturated heterocycles. The summed E-state index contributed by atoms with van der Waals surface area (Å²) in [6.07, 6.45) is 0. The van der Waals surface area contributed by atoms with E-state index in [1.165, 1.54) is 0 Å². The Morgan fingerprint density at radius 2 is 0.600 bits per heavy atom. The van der Waals surface area contributed by atoms with E-state index in [9.17, 15) is 0 Å². The van der Waals surface area contributed by atoms with Crippen molar-refractivity contribution < 1.29 is 37.5 Å². The van der Waals surface area contributed by atoms with Gasteiger partial charge in [0.05, 0.1) is 0 Å². The first-order valence-electron chi connectivity index (χ1n) is 0. The Balaban J connectivity index is 0. The van der Waals surface area contributed by atoms with E-state index in [-0.39, 0.29) is 54.9 Å². The summed E-state index contributed by atoms with van der Waals surface area (Å²) in [6, 6.07) is 0. The molecule has 0 aliphatic heterocycles. The van der Waals surface area contributed by atoms with Gasteiger partial charge in [-0.25, -0.2) is 0 Å². The average Bonchev–Trinajstić information content (AvgIpc) is 0. The molecule has 0 atom stereocenters. The van der Waals surface area contributed by atoms with Crippen molar-refractivity contribution in [3.05, 3.63) is 0 Å². The van der Waals surface area contributed by atoms with Crippen molar-refractivity contribution in [2.75, 3.05) is 0 Å². The third kappa shape index (κ3) is 40.5. The molecule has 0 aromatic rings. The fourth-order valence-electron chi connectivity index (χ4n) is 0. The molecule has 0 aliphatic rings. The third-order valence-electron chi connectivity index (χ3n) is 0. The second kappa shape index (κ2) is 70.8. The van der Waals surface area contributed by atoms with Gasteiger partial charge in [0.25, 0.3) is 0 Å². The predicted octanol–water partition coefficient (Wildman–Crippen LogP) is -0.740. The van der Waals surface area contributed by atoms with E-state index in [4.69, 9.17) is 0 Å². The van der Waals surface area contributed by atoms with E-state index in [1.54, 1.807) is 0 Å². The van der Waals surface area contributed by atoms with Crippen LogP contribution >= 0.6 is 0 Å². The Morgan fingerprint density at radius 1 is 0.600 bits per heavy atom. The van der Waals surface area contributed by atoms with E-state index < -0.39 is 0 Å². The summed E-state index contributed by atoms with van der Waals surface area (Å²) in [4.78, 5) is 0. The van der Waals surface area contributed by atoms with Crippen molar-refractivity contribution in [3.8, 4) is 0 Å². The summed E-state index contributed by atoms with van der Waals surface area (Å²) in [5, 5.41) is 0. The minimum Gasteiger partial charge on any atom is -2.00 e. The molecule has 27 valence electrons. The molecule has 0 saturated carbocycles. The van der Waals surface area contributed by atoms with E-state index in [1.807, 2.05) is 0 Å². The van der Waals surface area contributed by atoms with Crippen LogP contribution in [0.1, 0.15) is 0 Å². The molecule has 0 amide bonds. The fraction of sp³-hybridized carbons (Fsp3) is 0. The molecule has 5 heteroatoms. The number of hydrogen-bond donors (Lipinski definition) is 0. The fourth-order valence-corrected chi connectivity index (χ4v) is 0. The van der Waals surface area contributed by atoms with Crippen molar-refractivity contribution in [3.63, 3.8) is 0 Å². The van der Waals surface area contributed by atoms with Crippen LogP contribution in [-0.2, 0) is 37.5 Å². The van der Waals surface area contributed by atoms with E-state index in [2.05, 4.69) is 0 Å². The zero-order valence-corrected chi connectivity index (χ0v) is 5.37. The smallest absolute Gasteiger partial charge is 2.00 e. The van der Waals surface area contributed by atoms with Gasteiger partial charge >= 0.3 is 21.1 Å². The maximum Gasteiger partial charge on any atom is 6.00 e. The molecule has 0 aromatic carbocycles. The van der Waals surface area contributed by atoms with Gasteiger partial charge in [0.2, 0.25) is 0 Å². The molecular formula is AlMoO3. The van der Waals surface area contributed by atoms with Crippen molar-refractivity contribution in [2.24, 2.45) is 0 Å². The maximum absolute atomic E-state index is 0. The van der Waals surface area contributed by atoms with E-state index >= 15 is 0 Å². The maximum atomic E-state index is 0. The van der Waals surface area contributed by atoms with Gasteiger partial charge in [0.15, 0.2) is 0 Å². The average molecular weight is 171 g/mol. The Morgan fingerprint density at radius 3 is 0.600 bits per heavy atom. The monoisotopic (exact) mass is 173 g/mol. The minimum absolute atomic E-state index is 0. The summed E-state index contributed by atoms with van der Waals surface area (Å²) in [6.45, 7) is 0. The molecule has 3 nitrogen and oxygen atoms in total. The van der Waals surface area contributed by atoms with Crippen molar-refractivity contribution in [2.45, 2.75) is 0 Å². The summed E-state index contributed by atoms with van der Waals surface area (Å²) in [5.41, 5.74) is 0. The molecular weight excluding hydrogens is 171 g/mol. The van der Waals surface area contributed by atoms with Crippen LogP contribution in [-0.4, -0.2) is 17.4 Å². The molecule has 0 heterocycles. The molecule has 0 aliphatic carbocycles. The van der Waals surface area contributed by atoms with E-state index in [0.717, 1.165) is 0 Å². The molecule has 0 unspecified atom stereocenters. The standard InChI is InChI=1S/Al.Mo.3O/q;+6;3*-2. The first-order valence-corrected chi connectivity index (χ1v) is 0. The Bertz CT molecular complexity index is 6.85. The van der Waals surface area contributed by atoms with Crippen molar-refractivity contribution in [1.29, 1.82) is 0 Å². The van der Waals surface area contributed by atoms with Gasteiger partial charge in [-0.15, -0.1) is 0 Å². The Hall–Kier alpha value is 1.10. The summed E-state index contributed by atoms with van der Waals surface area (Å²) < 4.78 is 0. The van der Waals surface area contributed by atoms with Crippen LogP contribution in [0.25, 0.3) is 0 Å². The Labute approximate surface area is 55.1 Å². The van der Waals surface area contributed by atoms with Gasteiger partial charge in [0, 0.05) is 17.4 Å². The largest absolute Gasteiger partial charge is 6.00 e. The van der Waals surface area contributed by atoms with Crippen LogP contribution in [0.5, 0.6) is 0 Å². The summed E-state index contributed by atoms with van der Waals surface area (Å²) in [5.74, 6) is 0.